The number of aromatic nitrogens is 1. The lowest BCUT2D eigenvalue weighted by Crippen LogP contribution is -2.21. The molecule has 1 aromatic rings. The van der Waals surface area contributed by atoms with Gasteiger partial charge in [0.15, 0.2) is 6.20 Å². The van der Waals surface area contributed by atoms with Crippen LogP contribution in [0.1, 0.15) is 5.56 Å². The molecule has 1 N–H and O–H groups in total. The van der Waals surface area contributed by atoms with Gasteiger partial charge in [-0.25, -0.2) is 0 Å². The molecule has 0 spiro atoms. The van der Waals surface area contributed by atoms with E-state index in [2.05, 4.69) is 4.98 Å². The minimum atomic E-state index is 0.602. The predicted octanol–water partition coefficient (Wildman–Crippen LogP) is 0.313. The molecule has 0 aliphatic heterocycles. The third-order valence-corrected chi connectivity index (χ3v) is 1.71. The van der Waals surface area contributed by atoms with E-state index in [0.29, 0.717) is 18.1 Å². The van der Waals surface area contributed by atoms with Crippen LogP contribution < -0.4 is 9.72 Å². The Hall–Kier alpha value is -1.60. The standard InChI is InChI=1S/C10H13N3O/c1-13(2)5-6-14-10-4-3-9(7-11)8-12-10/h3-4,8H,5-6H2,1-2H3/p+1. The second-order valence-electron chi connectivity index (χ2n) is 3.21. The van der Waals surface area contributed by atoms with Crippen LogP contribution in [-0.4, -0.2) is 32.1 Å². The molecule has 0 aliphatic carbocycles. The largest absolute Gasteiger partial charge is 0.443 e. The van der Waals surface area contributed by atoms with Gasteiger partial charge in [-0.1, -0.05) is 0 Å². The molecular formula is C10H14N3O+. The number of hydrogen-bond donors (Lipinski definition) is 0. The topological polar surface area (TPSA) is 50.4 Å². The van der Waals surface area contributed by atoms with Gasteiger partial charge in [0.1, 0.15) is 18.2 Å². The van der Waals surface area contributed by atoms with E-state index in [1.807, 2.05) is 25.1 Å². The molecule has 74 valence electrons. The lowest BCUT2D eigenvalue weighted by molar-refractivity contribution is -0.394. The molecule has 0 bridgehead atoms. The van der Waals surface area contributed by atoms with Crippen LogP contribution in [0.25, 0.3) is 0 Å². The highest BCUT2D eigenvalue weighted by Crippen LogP contribution is 2.01. The van der Waals surface area contributed by atoms with Gasteiger partial charge >= 0.3 is 5.88 Å². The van der Waals surface area contributed by atoms with E-state index in [0.717, 1.165) is 6.54 Å². The summed E-state index contributed by atoms with van der Waals surface area (Å²) in [5.41, 5.74) is 0.602. The molecule has 0 aromatic carbocycles. The van der Waals surface area contributed by atoms with E-state index in [1.54, 1.807) is 18.3 Å². The van der Waals surface area contributed by atoms with Crippen molar-refractivity contribution in [2.24, 2.45) is 0 Å². The highest BCUT2D eigenvalue weighted by atomic mass is 16.5. The van der Waals surface area contributed by atoms with Crippen molar-refractivity contribution >= 4 is 0 Å². The summed E-state index contributed by atoms with van der Waals surface area (Å²) in [7, 11) is 3.98. The second kappa shape index (κ2) is 5.20. The van der Waals surface area contributed by atoms with Gasteiger partial charge in [0.25, 0.3) is 0 Å². The van der Waals surface area contributed by atoms with Crippen molar-refractivity contribution in [1.82, 2.24) is 4.90 Å². The van der Waals surface area contributed by atoms with E-state index in [-0.39, 0.29) is 0 Å². The molecule has 0 fully saturated rings. The third-order valence-electron chi connectivity index (χ3n) is 1.71. The minimum absolute atomic E-state index is 0.602. The summed E-state index contributed by atoms with van der Waals surface area (Å²) in [5.74, 6) is 0.686. The first-order valence-corrected chi connectivity index (χ1v) is 4.42. The van der Waals surface area contributed by atoms with Crippen LogP contribution in [0.5, 0.6) is 5.88 Å². The highest BCUT2D eigenvalue weighted by Gasteiger charge is 2.02. The van der Waals surface area contributed by atoms with Gasteiger partial charge in [-0.3, -0.25) is 0 Å². The number of hydrogen-bond acceptors (Lipinski definition) is 3. The molecule has 4 nitrogen and oxygen atoms in total. The van der Waals surface area contributed by atoms with Crippen LogP contribution in [-0.2, 0) is 0 Å². The van der Waals surface area contributed by atoms with Gasteiger partial charge in [0.05, 0.1) is 6.07 Å². The molecule has 0 atom stereocenters. The number of pyridine rings is 1. The fourth-order valence-electron chi connectivity index (χ4n) is 0.908. The fourth-order valence-corrected chi connectivity index (χ4v) is 0.908. The first-order valence-electron chi connectivity index (χ1n) is 4.42. The Labute approximate surface area is 83.7 Å². The zero-order valence-corrected chi connectivity index (χ0v) is 8.45. The van der Waals surface area contributed by atoms with Crippen molar-refractivity contribution in [3.8, 4) is 11.9 Å². The van der Waals surface area contributed by atoms with E-state index >= 15 is 0 Å². The van der Waals surface area contributed by atoms with Crippen molar-refractivity contribution in [3.05, 3.63) is 23.9 Å². The summed E-state index contributed by atoms with van der Waals surface area (Å²) in [4.78, 5) is 4.94. The molecule has 4 heteroatoms. The SMILES string of the molecule is CN(C)CCOc1ccc(C#N)c[nH+]1. The van der Waals surface area contributed by atoms with Gasteiger partial charge in [-0.05, 0) is 20.2 Å². The quantitative estimate of drug-likeness (QED) is 0.690. The van der Waals surface area contributed by atoms with Gasteiger partial charge in [-0.2, -0.15) is 10.2 Å². The van der Waals surface area contributed by atoms with Crippen LogP contribution in [0.4, 0.5) is 0 Å². The first-order chi connectivity index (χ1) is 6.72. The maximum atomic E-state index is 8.56. The molecule has 1 heterocycles. The average molecular weight is 192 g/mol. The molecule has 1 aromatic heterocycles. The maximum absolute atomic E-state index is 8.56. The number of nitrogens with one attached hydrogen (secondary N) is 1. The van der Waals surface area contributed by atoms with E-state index in [4.69, 9.17) is 10.00 Å². The number of aromatic amines is 1. The van der Waals surface area contributed by atoms with Crippen molar-refractivity contribution < 1.29 is 9.72 Å². The Bertz CT molecular complexity index is 313. The van der Waals surface area contributed by atoms with Crippen molar-refractivity contribution in [2.45, 2.75) is 0 Å². The summed E-state index contributed by atoms with van der Waals surface area (Å²) in [5, 5.41) is 8.56. The molecule has 14 heavy (non-hydrogen) atoms. The first kappa shape index (κ1) is 10.5. The third kappa shape index (κ3) is 3.42. The molecule has 1 rings (SSSR count). The number of nitriles is 1. The Morgan fingerprint density at radius 1 is 1.50 bits per heavy atom. The molecule has 0 saturated heterocycles. The molecule has 0 saturated carbocycles. The summed E-state index contributed by atoms with van der Waals surface area (Å²) in [6, 6.07) is 5.52. The maximum Gasteiger partial charge on any atom is 0.366 e. The number of rotatable bonds is 4. The van der Waals surface area contributed by atoms with Crippen LogP contribution in [0, 0.1) is 11.3 Å². The monoisotopic (exact) mass is 192 g/mol. The van der Waals surface area contributed by atoms with Gasteiger partial charge in [0, 0.05) is 6.54 Å². The number of likely N-dealkylation sites (N-methyl/N-ethyl adjacent to an activating group) is 1. The average Bonchev–Trinajstić information content (AvgIpc) is 2.18. The van der Waals surface area contributed by atoms with Gasteiger partial charge in [0.2, 0.25) is 0 Å². The zero-order valence-electron chi connectivity index (χ0n) is 8.45. The number of H-pyrrole nitrogens is 1. The van der Waals surface area contributed by atoms with Crippen LogP contribution in [0.2, 0.25) is 0 Å². The summed E-state index contributed by atoms with van der Waals surface area (Å²) >= 11 is 0. The molecule has 0 amide bonds. The highest BCUT2D eigenvalue weighted by molar-refractivity contribution is 5.24. The molecule has 0 radical (unpaired) electrons. The summed E-state index contributed by atoms with van der Waals surface area (Å²) in [6.45, 7) is 1.50. The summed E-state index contributed by atoms with van der Waals surface area (Å²) in [6.07, 6.45) is 1.63. The van der Waals surface area contributed by atoms with Gasteiger partial charge < -0.3 is 9.64 Å². The van der Waals surface area contributed by atoms with Crippen molar-refractivity contribution in [3.63, 3.8) is 0 Å². The van der Waals surface area contributed by atoms with Crippen molar-refractivity contribution in [1.29, 1.82) is 5.26 Å². The van der Waals surface area contributed by atoms with E-state index in [9.17, 15) is 0 Å². The lowest BCUT2D eigenvalue weighted by atomic mass is 10.3. The lowest BCUT2D eigenvalue weighted by Gasteiger charge is -2.07. The fraction of sp³-hybridized carbons (Fsp3) is 0.400. The van der Waals surface area contributed by atoms with Crippen LogP contribution in [0.15, 0.2) is 18.3 Å². The number of nitrogens with zero attached hydrogens (tertiary/aromatic N) is 2. The molecule has 0 unspecified atom stereocenters. The molecule has 0 aliphatic rings. The smallest absolute Gasteiger partial charge is 0.366 e. The van der Waals surface area contributed by atoms with Crippen LogP contribution in [0.3, 0.4) is 0 Å². The van der Waals surface area contributed by atoms with Crippen molar-refractivity contribution in [2.75, 3.05) is 27.2 Å². The number of ether oxygens (including phenoxy) is 1. The predicted molar refractivity (Wildman–Crippen MR) is 51.8 cm³/mol. The van der Waals surface area contributed by atoms with Crippen LogP contribution >= 0.6 is 0 Å². The Balaban J connectivity index is 2.41. The Morgan fingerprint density at radius 3 is 2.79 bits per heavy atom. The Kier molecular flexibility index (Phi) is 3.89. The molecular weight excluding hydrogens is 178 g/mol. The van der Waals surface area contributed by atoms with E-state index in [1.165, 1.54) is 0 Å². The van der Waals surface area contributed by atoms with E-state index < -0.39 is 0 Å². The Morgan fingerprint density at radius 2 is 2.29 bits per heavy atom. The normalized spacial score (nSPS) is 9.86. The summed E-state index contributed by atoms with van der Waals surface area (Å²) < 4.78 is 5.41. The zero-order chi connectivity index (χ0) is 10.4. The van der Waals surface area contributed by atoms with Gasteiger partial charge in [-0.15, -0.1) is 0 Å². The minimum Gasteiger partial charge on any atom is -0.443 e. The second-order valence-corrected chi connectivity index (χ2v) is 3.21.